The van der Waals surface area contributed by atoms with Crippen LogP contribution in [-0.4, -0.2) is 14.2 Å². The monoisotopic (exact) mass is 257 g/mol. The first-order valence-electron chi connectivity index (χ1n) is 5.56. The highest BCUT2D eigenvalue weighted by Crippen LogP contribution is 2.08. The Bertz CT molecular complexity index is 217. The van der Waals surface area contributed by atoms with Crippen molar-refractivity contribution in [2.75, 3.05) is 5.75 Å². The molecule has 0 atom stereocenters. The maximum atomic E-state index is 10.6. The fraction of sp³-hybridized carbons (Fsp3) is 1.00. The zero-order valence-electron chi connectivity index (χ0n) is 9.57. The van der Waals surface area contributed by atoms with E-state index in [2.05, 4.69) is 6.92 Å². The molecule has 0 spiro atoms. The van der Waals surface area contributed by atoms with E-state index in [0.29, 0.717) is 6.42 Å². The van der Waals surface area contributed by atoms with Gasteiger partial charge >= 0.3 is 0 Å². The number of hydrogen-bond acceptors (Lipinski definition) is 2. The van der Waals surface area contributed by atoms with E-state index in [9.17, 15) is 8.42 Å². The number of unbranched alkanes of at least 4 members (excludes halogenated alkanes) is 7. The number of sulfonamides is 1. The van der Waals surface area contributed by atoms with Gasteiger partial charge in [0, 0.05) is 0 Å². The molecule has 3 nitrogen and oxygen atoms in total. The number of hydrogen-bond donors (Lipinski definition) is 1. The van der Waals surface area contributed by atoms with Crippen molar-refractivity contribution in [3.05, 3.63) is 0 Å². The summed E-state index contributed by atoms with van der Waals surface area (Å²) in [5, 5.41) is 4.89. The summed E-state index contributed by atoms with van der Waals surface area (Å²) in [6.07, 6.45) is 9.25. The SMILES string of the molecule is CCCCCCCCCCS(N)(=O)=O.Cl. The normalized spacial score (nSPS) is 11.1. The quantitative estimate of drug-likeness (QED) is 0.646. The van der Waals surface area contributed by atoms with Crippen molar-refractivity contribution >= 4 is 22.4 Å². The standard InChI is InChI=1S/C10H23NO2S.ClH/c1-2-3-4-5-6-7-8-9-10-14(11,12)13;/h2-10H2,1H3,(H2,11,12,13);1H. The first-order chi connectivity index (χ1) is 6.56. The summed E-state index contributed by atoms with van der Waals surface area (Å²) in [6.45, 7) is 2.20. The summed E-state index contributed by atoms with van der Waals surface area (Å²) in [4.78, 5) is 0. The lowest BCUT2D eigenvalue weighted by atomic mass is 10.1. The molecule has 0 aliphatic carbocycles. The molecule has 0 aromatic rings. The first-order valence-corrected chi connectivity index (χ1v) is 7.28. The second-order valence-electron chi connectivity index (χ2n) is 3.84. The fourth-order valence-electron chi connectivity index (χ4n) is 1.44. The summed E-state index contributed by atoms with van der Waals surface area (Å²) in [5.74, 6) is 0.141. The van der Waals surface area contributed by atoms with Gasteiger partial charge in [0.25, 0.3) is 0 Å². The Morgan fingerprint density at radius 3 is 1.67 bits per heavy atom. The molecule has 0 rings (SSSR count). The number of nitrogens with two attached hydrogens (primary N) is 1. The Balaban J connectivity index is 0. The van der Waals surface area contributed by atoms with E-state index in [0.717, 1.165) is 12.8 Å². The van der Waals surface area contributed by atoms with Crippen molar-refractivity contribution < 1.29 is 8.42 Å². The minimum Gasteiger partial charge on any atom is -0.229 e. The largest absolute Gasteiger partial charge is 0.229 e. The molecule has 0 radical (unpaired) electrons. The average Bonchev–Trinajstić information content (AvgIpc) is 2.08. The Labute approximate surface area is 100 Å². The molecule has 0 bridgehead atoms. The maximum Gasteiger partial charge on any atom is 0.209 e. The molecule has 0 aliphatic rings. The molecule has 15 heavy (non-hydrogen) atoms. The number of primary sulfonamides is 1. The number of rotatable bonds is 9. The van der Waals surface area contributed by atoms with E-state index in [-0.39, 0.29) is 18.2 Å². The summed E-state index contributed by atoms with van der Waals surface area (Å²) < 4.78 is 21.2. The van der Waals surface area contributed by atoms with Crippen LogP contribution in [0.25, 0.3) is 0 Å². The van der Waals surface area contributed by atoms with E-state index in [1.165, 1.54) is 32.1 Å². The van der Waals surface area contributed by atoms with Gasteiger partial charge in [-0.2, -0.15) is 0 Å². The van der Waals surface area contributed by atoms with Gasteiger partial charge in [-0.25, -0.2) is 13.6 Å². The van der Waals surface area contributed by atoms with Gasteiger partial charge in [-0.3, -0.25) is 0 Å². The van der Waals surface area contributed by atoms with Crippen molar-refractivity contribution in [3.63, 3.8) is 0 Å². The second kappa shape index (κ2) is 10.7. The van der Waals surface area contributed by atoms with Gasteiger partial charge in [0.2, 0.25) is 10.0 Å². The second-order valence-corrected chi connectivity index (χ2v) is 5.58. The summed E-state index contributed by atoms with van der Waals surface area (Å²) in [6, 6.07) is 0. The highest BCUT2D eigenvalue weighted by atomic mass is 35.5. The van der Waals surface area contributed by atoms with Crippen LogP contribution < -0.4 is 5.14 Å². The molecule has 0 fully saturated rings. The molecule has 0 aromatic carbocycles. The van der Waals surface area contributed by atoms with Crippen LogP contribution in [0.5, 0.6) is 0 Å². The average molecular weight is 258 g/mol. The van der Waals surface area contributed by atoms with Crippen LogP contribution in [0.3, 0.4) is 0 Å². The van der Waals surface area contributed by atoms with Gasteiger partial charge in [0.15, 0.2) is 0 Å². The third-order valence-electron chi connectivity index (χ3n) is 2.28. The zero-order valence-corrected chi connectivity index (χ0v) is 11.2. The Hall–Kier alpha value is 0.200. The molecular formula is C10H24ClNO2S. The van der Waals surface area contributed by atoms with Crippen molar-refractivity contribution in [1.82, 2.24) is 0 Å². The Morgan fingerprint density at radius 2 is 1.27 bits per heavy atom. The maximum absolute atomic E-state index is 10.6. The zero-order chi connectivity index (χ0) is 10.9. The molecule has 5 heteroatoms. The summed E-state index contributed by atoms with van der Waals surface area (Å²) in [5.41, 5.74) is 0. The van der Waals surface area contributed by atoms with Crippen LogP contribution in [0.2, 0.25) is 0 Å². The van der Waals surface area contributed by atoms with Crippen LogP contribution in [0.15, 0.2) is 0 Å². The van der Waals surface area contributed by atoms with Crippen molar-refractivity contribution in [2.24, 2.45) is 5.14 Å². The van der Waals surface area contributed by atoms with Crippen LogP contribution in [0, 0.1) is 0 Å². The van der Waals surface area contributed by atoms with Crippen molar-refractivity contribution in [2.45, 2.75) is 58.3 Å². The lowest BCUT2D eigenvalue weighted by Crippen LogP contribution is -2.16. The predicted molar refractivity (Wildman–Crippen MR) is 67.8 cm³/mol. The van der Waals surface area contributed by atoms with Crippen molar-refractivity contribution in [3.8, 4) is 0 Å². The number of halogens is 1. The molecule has 0 saturated heterocycles. The van der Waals surface area contributed by atoms with Crippen LogP contribution in [-0.2, 0) is 10.0 Å². The predicted octanol–water partition coefficient (Wildman–Crippen LogP) is 2.84. The van der Waals surface area contributed by atoms with Crippen molar-refractivity contribution in [1.29, 1.82) is 0 Å². The fourth-order valence-corrected chi connectivity index (χ4v) is 2.04. The third kappa shape index (κ3) is 16.8. The van der Waals surface area contributed by atoms with Gasteiger partial charge in [-0.1, -0.05) is 51.9 Å². The molecule has 0 aromatic heterocycles. The van der Waals surface area contributed by atoms with Gasteiger partial charge in [-0.15, -0.1) is 12.4 Å². The van der Waals surface area contributed by atoms with Crippen LogP contribution in [0.4, 0.5) is 0 Å². The molecule has 2 N–H and O–H groups in total. The van der Waals surface area contributed by atoms with E-state index in [4.69, 9.17) is 5.14 Å². The first kappa shape index (κ1) is 17.6. The lowest BCUT2D eigenvalue weighted by Gasteiger charge is -2.00. The van der Waals surface area contributed by atoms with Gasteiger partial charge < -0.3 is 0 Å². The molecule has 0 saturated carbocycles. The highest BCUT2D eigenvalue weighted by Gasteiger charge is 2.00. The molecule has 0 amide bonds. The van der Waals surface area contributed by atoms with E-state index >= 15 is 0 Å². The molecule has 0 aliphatic heterocycles. The minimum atomic E-state index is -3.23. The Kier molecular flexibility index (Phi) is 12.6. The van der Waals surface area contributed by atoms with E-state index in [1.54, 1.807) is 0 Å². The molecular weight excluding hydrogens is 234 g/mol. The minimum absolute atomic E-state index is 0. The van der Waals surface area contributed by atoms with Crippen LogP contribution >= 0.6 is 12.4 Å². The lowest BCUT2D eigenvalue weighted by molar-refractivity contribution is 0.573. The molecule has 0 heterocycles. The Morgan fingerprint density at radius 1 is 0.867 bits per heavy atom. The van der Waals surface area contributed by atoms with E-state index in [1.807, 2.05) is 0 Å². The van der Waals surface area contributed by atoms with E-state index < -0.39 is 10.0 Å². The van der Waals surface area contributed by atoms with Gasteiger partial charge in [0.1, 0.15) is 0 Å². The third-order valence-corrected chi connectivity index (χ3v) is 3.14. The summed E-state index contributed by atoms with van der Waals surface area (Å²) >= 11 is 0. The molecule has 94 valence electrons. The molecule has 0 unspecified atom stereocenters. The smallest absolute Gasteiger partial charge is 0.209 e. The summed E-state index contributed by atoms with van der Waals surface area (Å²) in [7, 11) is -3.23. The van der Waals surface area contributed by atoms with Gasteiger partial charge in [-0.05, 0) is 6.42 Å². The van der Waals surface area contributed by atoms with Gasteiger partial charge in [0.05, 0.1) is 5.75 Å². The van der Waals surface area contributed by atoms with Crippen LogP contribution in [0.1, 0.15) is 58.3 Å². The highest BCUT2D eigenvalue weighted by molar-refractivity contribution is 7.89. The topological polar surface area (TPSA) is 60.2 Å².